The van der Waals surface area contributed by atoms with Gasteiger partial charge >= 0.3 is 11.7 Å². The number of sulfonamides is 1. The van der Waals surface area contributed by atoms with Gasteiger partial charge in [-0.15, -0.1) is 0 Å². The Kier molecular flexibility index (Phi) is 6.33. The summed E-state index contributed by atoms with van der Waals surface area (Å²) in [6, 6.07) is 8.68. The van der Waals surface area contributed by atoms with Gasteiger partial charge in [0.05, 0.1) is 5.75 Å². The third-order valence-electron chi connectivity index (χ3n) is 2.34. The van der Waals surface area contributed by atoms with Gasteiger partial charge in [0.15, 0.2) is 0 Å². The Hall–Kier alpha value is -2.61. The maximum atomic E-state index is 11.6. The number of rotatable bonds is 7. The van der Waals surface area contributed by atoms with E-state index in [0.29, 0.717) is 5.56 Å². The van der Waals surface area contributed by atoms with Crippen LogP contribution >= 0.6 is 0 Å². The third-order valence-corrected chi connectivity index (χ3v) is 2.99. The first-order valence-corrected chi connectivity index (χ1v) is 7.69. The highest BCUT2D eigenvalue weighted by atomic mass is 32.2. The average Bonchev–Trinajstić information content (AvgIpc) is 2.45. The molecular formula is C13H13N3O5S. The van der Waals surface area contributed by atoms with Gasteiger partial charge in [-0.1, -0.05) is 36.4 Å². The van der Waals surface area contributed by atoms with Gasteiger partial charge in [0.25, 0.3) is 5.78 Å². The van der Waals surface area contributed by atoms with Gasteiger partial charge in [-0.3, -0.25) is 4.79 Å². The van der Waals surface area contributed by atoms with Crippen LogP contribution in [0.25, 0.3) is 5.53 Å². The van der Waals surface area contributed by atoms with Crippen LogP contribution in [0, 0.1) is 0 Å². The van der Waals surface area contributed by atoms with E-state index in [4.69, 9.17) is 15.4 Å². The van der Waals surface area contributed by atoms with Crippen LogP contribution < -0.4 is 5.14 Å². The molecular weight excluding hydrogens is 310 g/mol. The topological polar surface area (TPSA) is 140 Å². The molecule has 0 saturated carbocycles. The Morgan fingerprint density at radius 3 is 2.45 bits per heavy atom. The van der Waals surface area contributed by atoms with E-state index in [1.54, 1.807) is 30.3 Å². The second-order valence-corrected chi connectivity index (χ2v) is 5.77. The molecule has 8 nitrogen and oxygen atoms in total. The highest BCUT2D eigenvalue weighted by molar-refractivity contribution is 7.89. The van der Waals surface area contributed by atoms with E-state index in [-0.39, 0.29) is 6.61 Å². The number of benzene rings is 1. The molecule has 0 bridgehead atoms. The van der Waals surface area contributed by atoms with Crippen LogP contribution in [0.3, 0.4) is 0 Å². The predicted molar refractivity (Wildman–Crippen MR) is 77.0 cm³/mol. The van der Waals surface area contributed by atoms with Gasteiger partial charge in [0.1, 0.15) is 6.61 Å². The van der Waals surface area contributed by atoms with E-state index in [1.807, 2.05) is 0 Å². The molecule has 0 spiro atoms. The maximum absolute atomic E-state index is 11.6. The van der Waals surface area contributed by atoms with Crippen molar-refractivity contribution < 1.29 is 27.5 Å². The van der Waals surface area contributed by atoms with E-state index in [1.165, 1.54) is 0 Å². The largest absolute Gasteiger partial charge is 0.452 e. The molecule has 0 amide bonds. The molecule has 1 aromatic carbocycles. The van der Waals surface area contributed by atoms with Gasteiger partial charge in [-0.2, -0.15) is 4.79 Å². The van der Waals surface area contributed by atoms with Crippen molar-refractivity contribution in [3.63, 3.8) is 0 Å². The highest BCUT2D eigenvalue weighted by Crippen LogP contribution is 2.01. The first-order chi connectivity index (χ1) is 10.3. The maximum Gasteiger partial charge on any atom is 0.445 e. The number of hydrogen-bond acceptors (Lipinski definition) is 5. The van der Waals surface area contributed by atoms with Gasteiger partial charge in [-0.05, 0) is 11.6 Å². The van der Waals surface area contributed by atoms with E-state index >= 15 is 0 Å². The molecule has 9 heteroatoms. The van der Waals surface area contributed by atoms with E-state index in [9.17, 15) is 18.0 Å². The Bertz CT molecular complexity index is 734. The van der Waals surface area contributed by atoms with Crippen LogP contribution in [0.5, 0.6) is 0 Å². The summed E-state index contributed by atoms with van der Waals surface area (Å²) in [6.45, 7) is -0.104. The summed E-state index contributed by atoms with van der Waals surface area (Å²) in [7, 11) is -3.78. The van der Waals surface area contributed by atoms with Crippen molar-refractivity contribution in [1.82, 2.24) is 0 Å². The van der Waals surface area contributed by atoms with Gasteiger partial charge in [-0.25, -0.2) is 18.4 Å². The van der Waals surface area contributed by atoms with E-state index < -0.39 is 33.2 Å². The summed E-state index contributed by atoms with van der Waals surface area (Å²) < 4.78 is 26.2. The first-order valence-electron chi connectivity index (χ1n) is 5.98. The van der Waals surface area contributed by atoms with Crippen molar-refractivity contribution in [3.8, 4) is 0 Å². The Morgan fingerprint density at radius 2 is 1.91 bits per heavy atom. The van der Waals surface area contributed by atoms with Crippen molar-refractivity contribution in [1.29, 1.82) is 0 Å². The lowest BCUT2D eigenvalue weighted by molar-refractivity contribution is -0.142. The molecule has 0 saturated heterocycles. The number of primary sulfonamides is 1. The summed E-state index contributed by atoms with van der Waals surface area (Å²) in [5.74, 6) is -2.71. The van der Waals surface area contributed by atoms with E-state index in [0.717, 1.165) is 12.2 Å². The summed E-state index contributed by atoms with van der Waals surface area (Å²) in [5, 5.41) is 4.74. The van der Waals surface area contributed by atoms with Crippen LogP contribution in [0.4, 0.5) is 0 Å². The minimum atomic E-state index is -3.78. The fourth-order valence-electron chi connectivity index (χ4n) is 1.35. The SMILES string of the molecule is [N-]=[N+]=C(C(=O)/C=C/CS(N)(=O)=O)C(=O)OCc1ccccc1. The fourth-order valence-corrected chi connectivity index (χ4v) is 1.71. The molecule has 0 unspecified atom stereocenters. The summed E-state index contributed by atoms with van der Waals surface area (Å²) in [4.78, 5) is 25.8. The number of nitrogens with two attached hydrogens (primary N) is 1. The standard InChI is InChI=1S/C13H13N3O5S/c14-16-12(11(17)7-4-8-22(15,19)20)13(18)21-9-10-5-2-1-3-6-10/h1-7H,8-9H2,(H2,15,19,20)/b7-4+. The number of ketones is 1. The minimum absolute atomic E-state index is 0.104. The first kappa shape index (κ1) is 17.4. The molecule has 2 N–H and O–H groups in total. The molecule has 0 aliphatic rings. The molecule has 0 aromatic heterocycles. The number of nitrogens with zero attached hydrogens (tertiary/aromatic N) is 2. The molecule has 0 aliphatic carbocycles. The molecule has 0 heterocycles. The van der Waals surface area contributed by atoms with Crippen LogP contribution in [-0.2, 0) is 31.0 Å². The van der Waals surface area contributed by atoms with Crippen molar-refractivity contribution in [3.05, 3.63) is 53.6 Å². The number of carbonyl (C=O) groups is 2. The predicted octanol–water partition coefficient (Wildman–Crippen LogP) is -0.186. The van der Waals surface area contributed by atoms with Crippen LogP contribution in [0.1, 0.15) is 5.56 Å². The lowest BCUT2D eigenvalue weighted by atomic mass is 10.2. The van der Waals surface area contributed by atoms with Crippen molar-refractivity contribution in [2.75, 3.05) is 5.75 Å². The Labute approximate surface area is 126 Å². The monoisotopic (exact) mass is 323 g/mol. The van der Waals surface area contributed by atoms with E-state index in [2.05, 4.69) is 4.79 Å². The smallest absolute Gasteiger partial charge is 0.445 e. The molecule has 22 heavy (non-hydrogen) atoms. The summed E-state index contributed by atoms with van der Waals surface area (Å²) >= 11 is 0. The lowest BCUT2D eigenvalue weighted by Crippen LogP contribution is -2.26. The second-order valence-electron chi connectivity index (χ2n) is 4.11. The Balaban J connectivity index is 2.65. The van der Waals surface area contributed by atoms with Crippen molar-refractivity contribution in [2.45, 2.75) is 6.61 Å². The van der Waals surface area contributed by atoms with Crippen molar-refractivity contribution >= 4 is 27.5 Å². The van der Waals surface area contributed by atoms with Crippen LogP contribution in [0.15, 0.2) is 42.5 Å². The van der Waals surface area contributed by atoms with Crippen LogP contribution in [-0.4, -0.2) is 36.4 Å². The molecule has 1 rings (SSSR count). The molecule has 0 atom stereocenters. The fraction of sp³-hybridized carbons (Fsp3) is 0.154. The second kappa shape index (κ2) is 7.99. The van der Waals surface area contributed by atoms with Gasteiger partial charge in [0.2, 0.25) is 10.0 Å². The lowest BCUT2D eigenvalue weighted by Gasteiger charge is -2.00. The molecule has 1 aromatic rings. The zero-order chi connectivity index (χ0) is 16.6. The quantitative estimate of drug-likeness (QED) is 0.185. The number of esters is 1. The normalized spacial score (nSPS) is 11.0. The molecule has 0 radical (unpaired) electrons. The summed E-state index contributed by atoms with van der Waals surface area (Å²) in [5.41, 5.74) is 8.54. The zero-order valence-corrected chi connectivity index (χ0v) is 12.2. The highest BCUT2D eigenvalue weighted by Gasteiger charge is 2.29. The number of hydrogen-bond donors (Lipinski definition) is 1. The van der Waals surface area contributed by atoms with Gasteiger partial charge in [0, 0.05) is 0 Å². The van der Waals surface area contributed by atoms with Crippen LogP contribution in [0.2, 0.25) is 0 Å². The number of carbonyl (C=O) groups excluding carboxylic acids is 2. The molecule has 0 fully saturated rings. The van der Waals surface area contributed by atoms with Crippen molar-refractivity contribution in [2.24, 2.45) is 5.14 Å². The summed E-state index contributed by atoms with van der Waals surface area (Å²) in [6.07, 6.45) is 1.70. The Morgan fingerprint density at radius 1 is 1.27 bits per heavy atom. The minimum Gasteiger partial charge on any atom is -0.452 e. The number of ether oxygens (including phenoxy) is 1. The molecule has 116 valence electrons. The number of allylic oxidation sites excluding steroid dienone is 1. The average molecular weight is 323 g/mol. The zero-order valence-electron chi connectivity index (χ0n) is 11.4. The third kappa shape index (κ3) is 6.23. The van der Waals surface area contributed by atoms with Gasteiger partial charge < -0.3 is 10.3 Å². The molecule has 0 aliphatic heterocycles.